The van der Waals surface area contributed by atoms with Crippen LogP contribution in [0.25, 0.3) is 0 Å². The number of ether oxygens (including phenoxy) is 1. The maximum absolute atomic E-state index is 13.2. The molecule has 0 saturated heterocycles. The van der Waals surface area contributed by atoms with Gasteiger partial charge in [0.05, 0.1) is 11.6 Å². The largest absolute Gasteiger partial charge is 0.439 e. The molecule has 2 atom stereocenters. The van der Waals surface area contributed by atoms with Crippen molar-refractivity contribution in [2.45, 2.75) is 134 Å². The molecule has 4 amide bonds. The summed E-state index contributed by atoms with van der Waals surface area (Å²) in [4.78, 5) is 38.1. The van der Waals surface area contributed by atoms with Gasteiger partial charge in [0.2, 0.25) is 0 Å². The van der Waals surface area contributed by atoms with Crippen LogP contribution in [0.4, 0.5) is 9.59 Å². The highest BCUT2D eigenvalue weighted by atomic mass is 16.6. The molecule has 8 heteroatoms. The highest BCUT2D eigenvalue weighted by Gasteiger charge is 2.46. The number of esters is 1. The topological polar surface area (TPSA) is 109 Å². The number of hydrogen-bond donors (Lipinski definition) is 4. The first-order valence-electron chi connectivity index (χ1n) is 13.8. The third kappa shape index (κ3) is 8.14. The van der Waals surface area contributed by atoms with E-state index in [-0.39, 0.29) is 29.7 Å². The third-order valence-corrected chi connectivity index (χ3v) is 8.02. The van der Waals surface area contributed by atoms with E-state index in [1.54, 1.807) is 13.8 Å². The van der Waals surface area contributed by atoms with E-state index in [0.717, 1.165) is 83.5 Å². The molecule has 0 aromatic carbocycles. The fourth-order valence-corrected chi connectivity index (χ4v) is 6.22. The molecule has 8 nitrogen and oxygen atoms in total. The van der Waals surface area contributed by atoms with Crippen molar-refractivity contribution >= 4 is 18.0 Å². The summed E-state index contributed by atoms with van der Waals surface area (Å²) in [5.74, 6) is -0.204. The normalized spacial score (nSPS) is 22.8. The molecule has 0 spiro atoms. The van der Waals surface area contributed by atoms with Crippen LogP contribution in [0.2, 0.25) is 0 Å². The molecule has 0 aromatic rings. The standard InChI is InChI=1S/C27H46N4O4/c1-19(2)24(32)35-20(3)28-26(34)31-27(17-11-6-12-18-27)23(21-13-7-4-8-14-21)30-25(33)29-22-15-9-5-10-16-22/h20-23H,1,4-18H2,2-3H3,(H2,28,31,34)(H2,29,30,33). The van der Waals surface area contributed by atoms with E-state index in [2.05, 4.69) is 27.8 Å². The van der Waals surface area contributed by atoms with E-state index in [1.165, 1.54) is 12.8 Å². The molecule has 3 rings (SSSR count). The second kappa shape index (κ2) is 13.2. The van der Waals surface area contributed by atoms with E-state index in [9.17, 15) is 14.4 Å². The number of nitrogens with one attached hydrogen (secondary N) is 4. The minimum atomic E-state index is -0.782. The Bertz CT molecular complexity index is 737. The molecule has 0 aliphatic heterocycles. The Hall–Kier alpha value is -2.25. The first-order valence-corrected chi connectivity index (χ1v) is 13.8. The van der Waals surface area contributed by atoms with Crippen LogP contribution >= 0.6 is 0 Å². The van der Waals surface area contributed by atoms with Crippen molar-refractivity contribution in [1.29, 1.82) is 0 Å². The van der Waals surface area contributed by atoms with Gasteiger partial charge in [0.1, 0.15) is 0 Å². The fraction of sp³-hybridized carbons (Fsp3) is 0.815. The predicted molar refractivity (Wildman–Crippen MR) is 137 cm³/mol. The van der Waals surface area contributed by atoms with Crippen LogP contribution in [-0.4, -0.2) is 41.9 Å². The third-order valence-electron chi connectivity index (χ3n) is 8.02. The van der Waals surface area contributed by atoms with Crippen LogP contribution in [0.15, 0.2) is 12.2 Å². The van der Waals surface area contributed by atoms with Gasteiger partial charge in [-0.2, -0.15) is 0 Å². The summed E-state index contributed by atoms with van der Waals surface area (Å²) in [5, 5.41) is 12.6. The van der Waals surface area contributed by atoms with Crippen molar-refractivity contribution in [2.75, 3.05) is 0 Å². The van der Waals surface area contributed by atoms with E-state index < -0.39 is 17.7 Å². The molecule has 3 fully saturated rings. The average molecular weight is 491 g/mol. The fourth-order valence-electron chi connectivity index (χ4n) is 6.22. The molecule has 3 aliphatic rings. The number of rotatable bonds is 8. The van der Waals surface area contributed by atoms with Crippen molar-refractivity contribution in [3.05, 3.63) is 12.2 Å². The summed E-state index contributed by atoms with van der Waals surface area (Å²) >= 11 is 0. The van der Waals surface area contributed by atoms with Gasteiger partial charge in [-0.1, -0.05) is 64.4 Å². The van der Waals surface area contributed by atoms with Crippen LogP contribution in [-0.2, 0) is 9.53 Å². The Labute approximate surface area is 210 Å². The molecule has 0 heterocycles. The van der Waals surface area contributed by atoms with E-state index in [1.807, 2.05) is 0 Å². The van der Waals surface area contributed by atoms with Gasteiger partial charge in [-0.05, 0) is 58.3 Å². The summed E-state index contributed by atoms with van der Waals surface area (Å²) in [7, 11) is 0. The summed E-state index contributed by atoms with van der Waals surface area (Å²) in [6.45, 7) is 6.79. The number of hydrogen-bond acceptors (Lipinski definition) is 4. The summed E-state index contributed by atoms with van der Waals surface area (Å²) in [5.41, 5.74) is -0.236. The van der Waals surface area contributed by atoms with Crippen molar-refractivity contribution in [1.82, 2.24) is 21.3 Å². The van der Waals surface area contributed by atoms with Crippen molar-refractivity contribution in [3.63, 3.8) is 0 Å². The Morgan fingerprint density at radius 3 is 2.00 bits per heavy atom. The van der Waals surface area contributed by atoms with Gasteiger partial charge in [-0.15, -0.1) is 0 Å². The van der Waals surface area contributed by atoms with Crippen LogP contribution in [0, 0.1) is 5.92 Å². The van der Waals surface area contributed by atoms with Crippen LogP contribution in [0.5, 0.6) is 0 Å². The Morgan fingerprint density at radius 1 is 0.829 bits per heavy atom. The van der Waals surface area contributed by atoms with Crippen LogP contribution in [0.1, 0.15) is 110 Å². The molecule has 0 bridgehead atoms. The minimum absolute atomic E-state index is 0.108. The highest BCUT2D eigenvalue weighted by molar-refractivity contribution is 5.87. The lowest BCUT2D eigenvalue weighted by molar-refractivity contribution is -0.144. The Kier molecular flexibility index (Phi) is 10.3. The molecule has 0 radical (unpaired) electrons. The molecule has 3 aliphatic carbocycles. The van der Waals surface area contributed by atoms with Gasteiger partial charge < -0.3 is 26.0 Å². The molecular weight excluding hydrogens is 444 g/mol. The maximum Gasteiger partial charge on any atom is 0.335 e. The summed E-state index contributed by atoms with van der Waals surface area (Å²) in [6, 6.07) is -0.378. The lowest BCUT2D eigenvalue weighted by Crippen LogP contribution is -2.68. The number of amides is 4. The minimum Gasteiger partial charge on any atom is -0.439 e. The quantitative estimate of drug-likeness (QED) is 0.217. The van der Waals surface area contributed by atoms with Gasteiger partial charge >= 0.3 is 18.0 Å². The van der Waals surface area contributed by atoms with Crippen molar-refractivity contribution in [2.24, 2.45) is 5.92 Å². The summed E-state index contributed by atoms with van der Waals surface area (Å²) < 4.78 is 5.24. The van der Waals surface area contributed by atoms with E-state index in [4.69, 9.17) is 4.74 Å². The first kappa shape index (κ1) is 27.3. The number of urea groups is 2. The lowest BCUT2D eigenvalue weighted by Gasteiger charge is -2.48. The van der Waals surface area contributed by atoms with Gasteiger partial charge in [0.15, 0.2) is 6.23 Å². The zero-order chi connectivity index (χ0) is 25.3. The van der Waals surface area contributed by atoms with E-state index >= 15 is 0 Å². The molecule has 4 N–H and O–H groups in total. The molecule has 2 unspecified atom stereocenters. The number of carbonyl (C=O) groups excluding carboxylic acids is 3. The lowest BCUT2D eigenvalue weighted by atomic mass is 9.68. The van der Waals surface area contributed by atoms with Gasteiger partial charge in [-0.3, -0.25) is 0 Å². The number of carbonyl (C=O) groups is 3. The Morgan fingerprint density at radius 2 is 1.40 bits per heavy atom. The van der Waals surface area contributed by atoms with Crippen molar-refractivity contribution < 1.29 is 19.1 Å². The van der Waals surface area contributed by atoms with Crippen molar-refractivity contribution in [3.8, 4) is 0 Å². The Balaban J connectivity index is 1.73. The monoisotopic (exact) mass is 490 g/mol. The van der Waals surface area contributed by atoms with Gasteiger partial charge in [0, 0.05) is 11.6 Å². The molecule has 35 heavy (non-hydrogen) atoms. The molecule has 0 aromatic heterocycles. The smallest absolute Gasteiger partial charge is 0.335 e. The average Bonchev–Trinajstić information content (AvgIpc) is 2.84. The SMILES string of the molecule is C=C(C)C(=O)OC(C)NC(=O)NC1(C(NC(=O)NC2CCCCC2)C2CCCCC2)CCCCC1. The van der Waals surface area contributed by atoms with Crippen LogP contribution < -0.4 is 21.3 Å². The molecular formula is C27H46N4O4. The zero-order valence-electron chi connectivity index (χ0n) is 21.8. The second-order valence-corrected chi connectivity index (χ2v) is 11.0. The first-order chi connectivity index (χ1) is 16.8. The predicted octanol–water partition coefficient (Wildman–Crippen LogP) is 5.03. The van der Waals surface area contributed by atoms with E-state index in [0.29, 0.717) is 5.92 Å². The van der Waals surface area contributed by atoms with Gasteiger partial charge in [0.25, 0.3) is 0 Å². The molecule has 3 saturated carbocycles. The van der Waals surface area contributed by atoms with Gasteiger partial charge in [-0.25, -0.2) is 14.4 Å². The highest BCUT2D eigenvalue weighted by Crippen LogP contribution is 2.39. The molecule has 198 valence electrons. The van der Waals surface area contributed by atoms with Crippen LogP contribution in [0.3, 0.4) is 0 Å². The maximum atomic E-state index is 13.2. The second-order valence-electron chi connectivity index (χ2n) is 11.0. The summed E-state index contributed by atoms with van der Waals surface area (Å²) in [6.07, 6.45) is 15.3. The zero-order valence-corrected chi connectivity index (χ0v) is 21.8.